The molecule has 88 valence electrons. The maximum absolute atomic E-state index is 12.0. The molecule has 1 rings (SSSR count). The van der Waals surface area contributed by atoms with Crippen LogP contribution in [-0.2, 0) is 0 Å². The summed E-state index contributed by atoms with van der Waals surface area (Å²) in [5.41, 5.74) is 6.42. The molecule has 0 atom stereocenters. The Morgan fingerprint density at radius 1 is 1.56 bits per heavy atom. The minimum absolute atomic E-state index is 0.0476. The molecule has 1 heterocycles. The molecule has 0 radical (unpaired) electrons. The molecule has 0 unspecified atom stereocenters. The first-order valence-corrected chi connectivity index (χ1v) is 5.30. The zero-order valence-electron chi connectivity index (χ0n) is 9.39. The van der Waals surface area contributed by atoms with Gasteiger partial charge in [0.25, 0.3) is 5.91 Å². The summed E-state index contributed by atoms with van der Waals surface area (Å²) < 4.78 is 0. The Hall–Kier alpha value is -1.62. The zero-order valence-corrected chi connectivity index (χ0v) is 9.39. The molecule has 0 aliphatic carbocycles. The first-order valence-electron chi connectivity index (χ1n) is 5.30. The van der Waals surface area contributed by atoms with Gasteiger partial charge in [-0.15, -0.1) is 0 Å². The van der Waals surface area contributed by atoms with Gasteiger partial charge >= 0.3 is 0 Å². The smallest absolute Gasteiger partial charge is 0.272 e. The Kier molecular flexibility index (Phi) is 4.72. The average Bonchev–Trinajstić information content (AvgIpc) is 2.28. The van der Waals surface area contributed by atoms with Gasteiger partial charge in [-0.05, 0) is 18.6 Å². The van der Waals surface area contributed by atoms with Crippen molar-refractivity contribution in [1.82, 2.24) is 9.88 Å². The van der Waals surface area contributed by atoms with Crippen LogP contribution in [-0.4, -0.2) is 40.6 Å². The summed E-state index contributed by atoms with van der Waals surface area (Å²) >= 11 is 0. The van der Waals surface area contributed by atoms with Gasteiger partial charge in [0.2, 0.25) is 0 Å². The molecule has 0 saturated heterocycles. The number of nitrogens with two attached hydrogens (primary N) is 1. The predicted octanol–water partition coefficient (Wildman–Crippen LogP) is 0.508. The summed E-state index contributed by atoms with van der Waals surface area (Å²) in [7, 11) is 0. The van der Waals surface area contributed by atoms with Crippen molar-refractivity contribution < 1.29 is 9.90 Å². The van der Waals surface area contributed by atoms with Crippen molar-refractivity contribution in [2.45, 2.75) is 13.3 Å². The Balaban J connectivity index is 2.81. The van der Waals surface area contributed by atoms with E-state index in [9.17, 15) is 4.79 Å². The number of carbonyl (C=O) groups excluding carboxylic acids is 1. The second-order valence-electron chi connectivity index (χ2n) is 3.49. The van der Waals surface area contributed by atoms with E-state index in [-0.39, 0.29) is 12.5 Å². The van der Waals surface area contributed by atoms with E-state index in [1.165, 1.54) is 6.20 Å². The Morgan fingerprint density at radius 2 is 2.31 bits per heavy atom. The van der Waals surface area contributed by atoms with Crippen molar-refractivity contribution in [3.63, 3.8) is 0 Å². The molecule has 1 aromatic heterocycles. The quantitative estimate of drug-likeness (QED) is 0.762. The van der Waals surface area contributed by atoms with Gasteiger partial charge in [-0.2, -0.15) is 0 Å². The van der Waals surface area contributed by atoms with Crippen LogP contribution in [0.25, 0.3) is 0 Å². The van der Waals surface area contributed by atoms with Gasteiger partial charge in [0.1, 0.15) is 5.69 Å². The lowest BCUT2D eigenvalue weighted by molar-refractivity contribution is 0.0716. The average molecular weight is 223 g/mol. The van der Waals surface area contributed by atoms with Gasteiger partial charge in [0.15, 0.2) is 0 Å². The van der Waals surface area contributed by atoms with E-state index in [4.69, 9.17) is 10.8 Å². The van der Waals surface area contributed by atoms with Crippen LogP contribution in [0, 0.1) is 0 Å². The molecule has 16 heavy (non-hydrogen) atoms. The minimum atomic E-state index is -0.191. The highest BCUT2D eigenvalue weighted by atomic mass is 16.3. The molecule has 1 aromatic rings. The van der Waals surface area contributed by atoms with Gasteiger partial charge in [0.05, 0.1) is 6.61 Å². The summed E-state index contributed by atoms with van der Waals surface area (Å²) in [6, 6.07) is 3.18. The number of rotatable bonds is 5. The molecule has 0 fully saturated rings. The lowest BCUT2D eigenvalue weighted by atomic mass is 10.2. The third-order valence-corrected chi connectivity index (χ3v) is 2.15. The van der Waals surface area contributed by atoms with Crippen LogP contribution in [0.2, 0.25) is 0 Å². The number of aliphatic hydroxyl groups is 1. The minimum Gasteiger partial charge on any atom is -0.399 e. The van der Waals surface area contributed by atoms with Crippen LogP contribution in [0.3, 0.4) is 0 Å². The fourth-order valence-electron chi connectivity index (χ4n) is 1.43. The topological polar surface area (TPSA) is 79.5 Å². The molecular formula is C11H17N3O2. The molecule has 3 N–H and O–H groups in total. The highest BCUT2D eigenvalue weighted by molar-refractivity contribution is 5.93. The molecule has 0 aliphatic heterocycles. The first-order chi connectivity index (χ1) is 7.69. The number of aliphatic hydroxyl groups excluding tert-OH is 1. The molecule has 0 saturated carbocycles. The van der Waals surface area contributed by atoms with E-state index in [0.29, 0.717) is 24.5 Å². The van der Waals surface area contributed by atoms with E-state index < -0.39 is 0 Å². The third-order valence-electron chi connectivity index (χ3n) is 2.15. The van der Waals surface area contributed by atoms with Crippen molar-refractivity contribution in [2.24, 2.45) is 0 Å². The number of hydrogen-bond donors (Lipinski definition) is 2. The standard InChI is InChI=1S/C11H17N3O2/c1-2-5-14(6-7-15)11(16)10-8-9(12)3-4-13-10/h3-4,8,15H,2,5-7H2,1H3,(H2,12,13). The van der Waals surface area contributed by atoms with Gasteiger partial charge in [-0.25, -0.2) is 0 Å². The zero-order chi connectivity index (χ0) is 12.0. The van der Waals surface area contributed by atoms with Crippen molar-refractivity contribution >= 4 is 11.6 Å². The molecule has 5 heteroatoms. The van der Waals surface area contributed by atoms with Crippen LogP contribution in [0.1, 0.15) is 23.8 Å². The highest BCUT2D eigenvalue weighted by Crippen LogP contribution is 2.06. The number of amides is 1. The van der Waals surface area contributed by atoms with Crippen molar-refractivity contribution in [3.8, 4) is 0 Å². The fraction of sp³-hybridized carbons (Fsp3) is 0.455. The van der Waals surface area contributed by atoms with Crippen LogP contribution in [0.4, 0.5) is 5.69 Å². The molecular weight excluding hydrogens is 206 g/mol. The van der Waals surface area contributed by atoms with Gasteiger partial charge in [-0.1, -0.05) is 6.92 Å². The van der Waals surface area contributed by atoms with E-state index >= 15 is 0 Å². The molecule has 0 spiro atoms. The van der Waals surface area contributed by atoms with Gasteiger partial charge < -0.3 is 15.7 Å². The largest absolute Gasteiger partial charge is 0.399 e. The molecule has 0 aliphatic rings. The second kappa shape index (κ2) is 6.07. The Bertz CT molecular complexity index is 349. The number of pyridine rings is 1. The molecule has 0 aromatic carbocycles. The van der Waals surface area contributed by atoms with E-state index in [1.54, 1.807) is 17.0 Å². The monoisotopic (exact) mass is 223 g/mol. The summed E-state index contributed by atoms with van der Waals surface area (Å²) in [6.07, 6.45) is 2.35. The SMILES string of the molecule is CCCN(CCO)C(=O)c1cc(N)ccn1. The third kappa shape index (κ3) is 3.20. The normalized spacial score (nSPS) is 10.1. The number of anilines is 1. The Labute approximate surface area is 94.9 Å². The lowest BCUT2D eigenvalue weighted by Crippen LogP contribution is -2.34. The maximum atomic E-state index is 12.0. The van der Waals surface area contributed by atoms with Crippen molar-refractivity contribution in [2.75, 3.05) is 25.4 Å². The summed E-state index contributed by atoms with van der Waals surface area (Å²) in [4.78, 5) is 17.5. The predicted molar refractivity (Wildman–Crippen MR) is 61.9 cm³/mol. The Morgan fingerprint density at radius 3 is 2.88 bits per heavy atom. The van der Waals surface area contributed by atoms with Crippen molar-refractivity contribution in [3.05, 3.63) is 24.0 Å². The lowest BCUT2D eigenvalue weighted by Gasteiger charge is -2.20. The summed E-state index contributed by atoms with van der Waals surface area (Å²) in [5.74, 6) is -0.191. The number of nitrogens with zero attached hydrogens (tertiary/aromatic N) is 2. The molecule has 1 amide bonds. The summed E-state index contributed by atoms with van der Waals surface area (Å²) in [6.45, 7) is 2.86. The van der Waals surface area contributed by atoms with Crippen LogP contribution >= 0.6 is 0 Å². The summed E-state index contributed by atoms with van der Waals surface area (Å²) in [5, 5.41) is 8.87. The number of aromatic nitrogens is 1. The van der Waals surface area contributed by atoms with Crippen LogP contribution in [0.5, 0.6) is 0 Å². The van der Waals surface area contributed by atoms with E-state index in [2.05, 4.69) is 4.98 Å². The second-order valence-corrected chi connectivity index (χ2v) is 3.49. The number of carbonyl (C=O) groups is 1. The highest BCUT2D eigenvalue weighted by Gasteiger charge is 2.15. The van der Waals surface area contributed by atoms with Crippen LogP contribution in [0.15, 0.2) is 18.3 Å². The van der Waals surface area contributed by atoms with Crippen molar-refractivity contribution in [1.29, 1.82) is 0 Å². The maximum Gasteiger partial charge on any atom is 0.272 e. The van der Waals surface area contributed by atoms with Crippen LogP contribution < -0.4 is 5.73 Å². The molecule has 0 bridgehead atoms. The number of hydrogen-bond acceptors (Lipinski definition) is 4. The van der Waals surface area contributed by atoms with Gasteiger partial charge in [-0.3, -0.25) is 9.78 Å². The van der Waals surface area contributed by atoms with Gasteiger partial charge in [0, 0.05) is 25.0 Å². The van der Waals surface area contributed by atoms with E-state index in [1.807, 2.05) is 6.92 Å². The number of nitrogen functional groups attached to an aromatic ring is 1. The first kappa shape index (κ1) is 12.4. The fourth-order valence-corrected chi connectivity index (χ4v) is 1.43. The molecule has 5 nitrogen and oxygen atoms in total. The van der Waals surface area contributed by atoms with E-state index in [0.717, 1.165) is 6.42 Å².